The second kappa shape index (κ2) is 5.35. The molecule has 4 atom stereocenters. The summed E-state index contributed by atoms with van der Waals surface area (Å²) in [4.78, 5) is 8.10. The summed E-state index contributed by atoms with van der Waals surface area (Å²) in [5, 5.41) is 37.4. The third kappa shape index (κ3) is 2.22. The van der Waals surface area contributed by atoms with Crippen molar-refractivity contribution in [1.82, 2.24) is 25.0 Å². The molecule has 2 aromatic heterocycles. The number of ether oxygens (including phenoxy) is 1. The number of nitrogens with zero attached hydrogens (tertiary/aromatic N) is 5. The maximum absolute atomic E-state index is 10.0. The Labute approximate surface area is 122 Å². The molecule has 1 fully saturated rings. The minimum Gasteiger partial charge on any atom is -0.394 e. The predicted molar refractivity (Wildman–Crippen MR) is 72.3 cm³/mol. The first-order valence-corrected chi connectivity index (χ1v) is 7.34. The standard InChI is InChI=1S/C10H14N6O4S/c1-21-8-4-7(12-10(11)13-8)16(15-14-4)9-6(19)5(18)3(2-17)20-9/h3,5-6,9,17-19H,2H2,1H3,(H2,11,12,13). The van der Waals surface area contributed by atoms with Crippen LogP contribution in [0, 0.1) is 0 Å². The van der Waals surface area contributed by atoms with Crippen LogP contribution < -0.4 is 5.73 Å². The molecule has 0 saturated carbocycles. The van der Waals surface area contributed by atoms with Gasteiger partial charge in [-0.05, 0) is 6.26 Å². The van der Waals surface area contributed by atoms with Gasteiger partial charge < -0.3 is 25.8 Å². The molecule has 1 saturated heterocycles. The lowest BCUT2D eigenvalue weighted by Crippen LogP contribution is -2.33. The molecule has 3 rings (SSSR count). The Morgan fingerprint density at radius 1 is 1.33 bits per heavy atom. The molecule has 1 aliphatic rings. The van der Waals surface area contributed by atoms with Crippen LogP contribution in [0.2, 0.25) is 0 Å². The molecule has 0 aromatic carbocycles. The number of rotatable bonds is 3. The smallest absolute Gasteiger partial charge is 0.223 e. The molecule has 0 radical (unpaired) electrons. The van der Waals surface area contributed by atoms with Crippen LogP contribution in [0.4, 0.5) is 5.95 Å². The molecule has 0 amide bonds. The van der Waals surface area contributed by atoms with E-state index in [-0.39, 0.29) is 5.95 Å². The van der Waals surface area contributed by atoms with Crippen LogP contribution in [0.1, 0.15) is 6.23 Å². The van der Waals surface area contributed by atoms with Crippen LogP contribution in [0.15, 0.2) is 5.03 Å². The number of anilines is 1. The summed E-state index contributed by atoms with van der Waals surface area (Å²) in [5.41, 5.74) is 6.36. The van der Waals surface area contributed by atoms with E-state index in [0.29, 0.717) is 16.2 Å². The molecule has 0 aliphatic carbocycles. The minimum atomic E-state index is -1.26. The Morgan fingerprint density at radius 3 is 2.71 bits per heavy atom. The van der Waals surface area contributed by atoms with Crippen LogP contribution in [0.5, 0.6) is 0 Å². The summed E-state index contributed by atoms with van der Waals surface area (Å²) in [7, 11) is 0. The third-order valence-corrected chi connectivity index (χ3v) is 3.93. The van der Waals surface area contributed by atoms with Crippen LogP contribution in [0.3, 0.4) is 0 Å². The third-order valence-electron chi connectivity index (χ3n) is 3.26. The van der Waals surface area contributed by atoms with E-state index in [1.807, 2.05) is 6.26 Å². The molecule has 21 heavy (non-hydrogen) atoms. The number of aromatic nitrogens is 5. The van der Waals surface area contributed by atoms with Crippen LogP contribution in [-0.2, 0) is 4.74 Å². The van der Waals surface area contributed by atoms with Gasteiger partial charge in [-0.15, -0.1) is 16.9 Å². The highest BCUT2D eigenvalue weighted by molar-refractivity contribution is 7.98. The number of fused-ring (bicyclic) bond motifs is 1. The number of hydrogen-bond donors (Lipinski definition) is 4. The second-order valence-corrected chi connectivity index (χ2v) is 5.32. The van der Waals surface area contributed by atoms with Gasteiger partial charge in [-0.25, -0.2) is 4.98 Å². The molecule has 0 spiro atoms. The molecule has 0 bridgehead atoms. The first-order chi connectivity index (χ1) is 10.1. The van der Waals surface area contributed by atoms with Gasteiger partial charge in [0.2, 0.25) is 5.95 Å². The fraction of sp³-hybridized carbons (Fsp3) is 0.600. The monoisotopic (exact) mass is 314 g/mol. The minimum absolute atomic E-state index is 0.0437. The van der Waals surface area contributed by atoms with E-state index < -0.39 is 31.1 Å². The Morgan fingerprint density at radius 2 is 2.10 bits per heavy atom. The van der Waals surface area contributed by atoms with Gasteiger partial charge in [0, 0.05) is 0 Å². The molecular weight excluding hydrogens is 300 g/mol. The van der Waals surface area contributed by atoms with Crippen molar-refractivity contribution >= 4 is 28.9 Å². The lowest BCUT2D eigenvalue weighted by molar-refractivity contribution is -0.0574. The average Bonchev–Trinajstić information content (AvgIpc) is 3.01. The number of nitrogens with two attached hydrogens (primary N) is 1. The molecular formula is C10H14N6O4S. The van der Waals surface area contributed by atoms with Crippen molar-refractivity contribution in [3.8, 4) is 0 Å². The highest BCUT2D eigenvalue weighted by atomic mass is 32.2. The van der Waals surface area contributed by atoms with Gasteiger partial charge in [-0.1, -0.05) is 5.21 Å². The lowest BCUT2D eigenvalue weighted by Gasteiger charge is -2.14. The summed E-state index contributed by atoms with van der Waals surface area (Å²) in [5.74, 6) is 0.0437. The summed E-state index contributed by atoms with van der Waals surface area (Å²) in [6.07, 6.45) is -2.58. The van der Waals surface area contributed by atoms with Crippen molar-refractivity contribution < 1.29 is 20.1 Å². The summed E-state index contributed by atoms with van der Waals surface area (Å²) in [6.45, 7) is -0.422. The SMILES string of the molecule is CSc1nc(N)nc2c1nnn2C1OC(CO)C(O)C1O. The van der Waals surface area contributed by atoms with Crippen molar-refractivity contribution in [2.24, 2.45) is 0 Å². The molecule has 2 aromatic rings. The molecule has 3 heterocycles. The summed E-state index contributed by atoms with van der Waals surface area (Å²) in [6, 6.07) is 0. The summed E-state index contributed by atoms with van der Waals surface area (Å²) < 4.78 is 6.64. The molecule has 5 N–H and O–H groups in total. The number of nitrogen functional groups attached to an aromatic ring is 1. The Kier molecular flexibility index (Phi) is 3.67. The zero-order valence-corrected chi connectivity index (χ0v) is 11.8. The highest BCUT2D eigenvalue weighted by Gasteiger charge is 2.44. The van der Waals surface area contributed by atoms with Gasteiger partial charge in [-0.2, -0.15) is 9.67 Å². The van der Waals surface area contributed by atoms with Crippen LogP contribution in [0.25, 0.3) is 11.2 Å². The topological polar surface area (TPSA) is 152 Å². The largest absolute Gasteiger partial charge is 0.394 e. The van der Waals surface area contributed by atoms with Crippen molar-refractivity contribution in [2.45, 2.75) is 29.6 Å². The van der Waals surface area contributed by atoms with Gasteiger partial charge in [0.05, 0.1) is 6.61 Å². The van der Waals surface area contributed by atoms with Crippen LogP contribution in [-0.4, -0.2) is 71.5 Å². The van der Waals surface area contributed by atoms with Gasteiger partial charge in [0.1, 0.15) is 23.3 Å². The molecule has 114 valence electrons. The van der Waals surface area contributed by atoms with Gasteiger partial charge in [-0.3, -0.25) is 0 Å². The van der Waals surface area contributed by atoms with Gasteiger partial charge in [0.25, 0.3) is 0 Å². The van der Waals surface area contributed by atoms with E-state index in [9.17, 15) is 10.2 Å². The quantitative estimate of drug-likeness (QED) is 0.374. The Balaban J connectivity index is 2.07. The second-order valence-electron chi connectivity index (χ2n) is 4.53. The number of aliphatic hydroxyl groups excluding tert-OH is 3. The number of hydrogen-bond acceptors (Lipinski definition) is 10. The molecule has 11 heteroatoms. The van der Waals surface area contributed by atoms with E-state index >= 15 is 0 Å². The fourth-order valence-corrected chi connectivity index (χ4v) is 2.73. The molecule has 4 unspecified atom stereocenters. The maximum atomic E-state index is 10.0. The summed E-state index contributed by atoms with van der Waals surface area (Å²) >= 11 is 1.34. The molecule has 10 nitrogen and oxygen atoms in total. The first-order valence-electron chi connectivity index (χ1n) is 6.11. The van der Waals surface area contributed by atoms with Gasteiger partial charge >= 0.3 is 0 Å². The average molecular weight is 314 g/mol. The van der Waals surface area contributed by atoms with Crippen LogP contribution >= 0.6 is 11.8 Å². The number of aliphatic hydroxyl groups is 3. The lowest BCUT2D eigenvalue weighted by atomic mass is 10.1. The first kappa shape index (κ1) is 14.4. The Bertz CT molecular complexity index is 666. The van der Waals surface area contributed by atoms with E-state index in [1.165, 1.54) is 16.4 Å². The molecule has 1 aliphatic heterocycles. The zero-order valence-electron chi connectivity index (χ0n) is 11.0. The number of thioether (sulfide) groups is 1. The normalized spacial score (nSPS) is 29.3. The highest BCUT2D eigenvalue weighted by Crippen LogP contribution is 2.31. The predicted octanol–water partition coefficient (Wildman–Crippen LogP) is -1.86. The Hall–Kier alpha value is -1.53. The maximum Gasteiger partial charge on any atom is 0.223 e. The van der Waals surface area contributed by atoms with Crippen molar-refractivity contribution in [1.29, 1.82) is 0 Å². The van der Waals surface area contributed by atoms with E-state index in [0.717, 1.165) is 0 Å². The van der Waals surface area contributed by atoms with Crippen molar-refractivity contribution in [3.05, 3.63) is 0 Å². The van der Waals surface area contributed by atoms with E-state index in [2.05, 4.69) is 20.3 Å². The van der Waals surface area contributed by atoms with E-state index in [4.69, 9.17) is 15.6 Å². The zero-order chi connectivity index (χ0) is 15.1. The van der Waals surface area contributed by atoms with Crippen molar-refractivity contribution in [2.75, 3.05) is 18.6 Å². The fourth-order valence-electron chi connectivity index (χ4n) is 2.22. The van der Waals surface area contributed by atoms with E-state index in [1.54, 1.807) is 0 Å². The van der Waals surface area contributed by atoms with Gasteiger partial charge in [0.15, 0.2) is 17.4 Å². The van der Waals surface area contributed by atoms with Crippen molar-refractivity contribution in [3.63, 3.8) is 0 Å².